The van der Waals surface area contributed by atoms with Gasteiger partial charge < -0.3 is 9.72 Å². The second kappa shape index (κ2) is 5.81. The van der Waals surface area contributed by atoms with Crippen molar-refractivity contribution in [2.24, 2.45) is 0 Å². The van der Waals surface area contributed by atoms with Crippen LogP contribution in [0.15, 0.2) is 27.5 Å². The topological polar surface area (TPSA) is 55.0 Å². The van der Waals surface area contributed by atoms with E-state index in [1.165, 1.54) is 19.2 Å². The van der Waals surface area contributed by atoms with Crippen molar-refractivity contribution in [3.63, 3.8) is 0 Å². The van der Waals surface area contributed by atoms with Crippen LogP contribution in [0.25, 0.3) is 11.4 Å². The summed E-state index contributed by atoms with van der Waals surface area (Å²) in [5.74, 6) is -0.185. The van der Waals surface area contributed by atoms with Gasteiger partial charge in [0.25, 0.3) is 5.56 Å². The van der Waals surface area contributed by atoms with Crippen LogP contribution in [-0.4, -0.2) is 17.1 Å². The monoisotopic (exact) mass is 346 g/mol. The second-order valence-corrected chi connectivity index (χ2v) is 4.93. The Hall–Kier alpha value is -1.24. The Bertz CT molecular complexity index is 675. The van der Waals surface area contributed by atoms with Crippen molar-refractivity contribution < 1.29 is 9.13 Å². The second-order valence-electron chi connectivity index (χ2n) is 3.73. The van der Waals surface area contributed by atoms with Crippen LogP contribution in [0.2, 0.25) is 5.02 Å². The molecule has 0 saturated carbocycles. The number of aromatic nitrogens is 2. The average Bonchev–Trinajstić information content (AvgIpc) is 2.35. The number of nitrogens with zero attached hydrogens (tertiary/aromatic N) is 1. The van der Waals surface area contributed by atoms with E-state index in [0.29, 0.717) is 15.7 Å². The highest BCUT2D eigenvalue weighted by Crippen LogP contribution is 2.26. The van der Waals surface area contributed by atoms with E-state index in [-0.39, 0.29) is 23.0 Å². The van der Waals surface area contributed by atoms with E-state index in [0.717, 1.165) is 6.07 Å². The molecule has 0 fully saturated rings. The summed E-state index contributed by atoms with van der Waals surface area (Å²) in [5, 5.41) is 0.175. The van der Waals surface area contributed by atoms with Crippen LogP contribution in [0.4, 0.5) is 4.39 Å². The van der Waals surface area contributed by atoms with Crippen LogP contribution < -0.4 is 5.56 Å². The van der Waals surface area contributed by atoms with E-state index >= 15 is 0 Å². The highest BCUT2D eigenvalue weighted by atomic mass is 79.9. The molecule has 0 bridgehead atoms. The van der Waals surface area contributed by atoms with Crippen molar-refractivity contribution in [1.82, 2.24) is 9.97 Å². The number of ether oxygens (including phenoxy) is 1. The van der Waals surface area contributed by atoms with Gasteiger partial charge in [-0.25, -0.2) is 9.37 Å². The Balaban J connectivity index is 2.59. The zero-order chi connectivity index (χ0) is 14.0. The maximum atomic E-state index is 13.0. The van der Waals surface area contributed by atoms with Gasteiger partial charge in [0.2, 0.25) is 0 Å². The third-order valence-corrected chi connectivity index (χ3v) is 3.53. The lowest BCUT2D eigenvalue weighted by molar-refractivity contribution is 0.180. The van der Waals surface area contributed by atoms with Gasteiger partial charge in [-0.05, 0) is 34.1 Å². The molecule has 7 heteroatoms. The molecule has 0 atom stereocenters. The number of methoxy groups -OCH3 is 1. The molecule has 0 saturated heterocycles. The molecule has 0 aliphatic heterocycles. The lowest BCUT2D eigenvalue weighted by Crippen LogP contribution is -2.14. The molecule has 0 unspecified atom stereocenters. The molecule has 19 heavy (non-hydrogen) atoms. The van der Waals surface area contributed by atoms with Crippen molar-refractivity contribution in [1.29, 1.82) is 0 Å². The molecule has 2 rings (SSSR count). The third-order valence-electron chi connectivity index (χ3n) is 2.40. The Morgan fingerprint density at radius 2 is 2.26 bits per heavy atom. The highest BCUT2D eigenvalue weighted by Gasteiger charge is 2.12. The number of nitrogens with one attached hydrogen (secondary N) is 1. The van der Waals surface area contributed by atoms with Gasteiger partial charge in [0, 0.05) is 12.7 Å². The number of benzene rings is 1. The molecule has 1 aromatic heterocycles. The summed E-state index contributed by atoms with van der Waals surface area (Å²) in [6, 6.07) is 3.87. The molecule has 1 heterocycles. The molecular formula is C12H9BrClFN2O2. The molecule has 1 N–H and O–H groups in total. The normalized spacial score (nSPS) is 10.7. The van der Waals surface area contributed by atoms with Gasteiger partial charge in [0.05, 0.1) is 17.3 Å². The van der Waals surface area contributed by atoms with Crippen molar-refractivity contribution in [3.8, 4) is 11.4 Å². The van der Waals surface area contributed by atoms with Crippen LogP contribution in [0.3, 0.4) is 0 Å². The smallest absolute Gasteiger partial charge is 0.265 e. The summed E-state index contributed by atoms with van der Waals surface area (Å²) in [6.45, 7) is 0.177. The third kappa shape index (κ3) is 3.02. The highest BCUT2D eigenvalue weighted by molar-refractivity contribution is 9.10. The van der Waals surface area contributed by atoms with E-state index in [9.17, 15) is 9.18 Å². The molecule has 100 valence electrons. The fraction of sp³-hybridized carbons (Fsp3) is 0.167. The van der Waals surface area contributed by atoms with Gasteiger partial charge in [0.1, 0.15) is 16.1 Å². The van der Waals surface area contributed by atoms with Gasteiger partial charge in [-0.2, -0.15) is 0 Å². The molecule has 0 amide bonds. The first-order chi connectivity index (χ1) is 9.02. The van der Waals surface area contributed by atoms with Crippen LogP contribution >= 0.6 is 27.5 Å². The number of rotatable bonds is 3. The largest absolute Gasteiger partial charge is 0.378 e. The van der Waals surface area contributed by atoms with Crippen molar-refractivity contribution in [2.75, 3.05) is 7.11 Å². The lowest BCUT2D eigenvalue weighted by Gasteiger charge is -2.07. The number of hydrogen-bond donors (Lipinski definition) is 1. The summed E-state index contributed by atoms with van der Waals surface area (Å²) in [7, 11) is 1.50. The minimum atomic E-state index is -0.453. The van der Waals surface area contributed by atoms with Crippen LogP contribution in [-0.2, 0) is 11.3 Å². The first-order valence-electron chi connectivity index (χ1n) is 5.26. The summed E-state index contributed by atoms with van der Waals surface area (Å²) < 4.78 is 18.3. The fourth-order valence-electron chi connectivity index (χ4n) is 1.55. The van der Waals surface area contributed by atoms with Gasteiger partial charge in [0.15, 0.2) is 0 Å². The maximum absolute atomic E-state index is 13.0. The zero-order valence-electron chi connectivity index (χ0n) is 9.84. The molecule has 0 radical (unpaired) electrons. The fourth-order valence-corrected chi connectivity index (χ4v) is 2.11. The quantitative estimate of drug-likeness (QED) is 0.928. The van der Waals surface area contributed by atoms with Crippen molar-refractivity contribution in [2.45, 2.75) is 6.61 Å². The van der Waals surface area contributed by atoms with E-state index < -0.39 is 5.82 Å². The molecule has 0 aliphatic carbocycles. The number of H-pyrrole nitrogens is 1. The summed E-state index contributed by atoms with van der Waals surface area (Å²) in [4.78, 5) is 18.6. The Morgan fingerprint density at radius 1 is 1.53 bits per heavy atom. The van der Waals surface area contributed by atoms with E-state index in [1.54, 1.807) is 0 Å². The predicted molar refractivity (Wildman–Crippen MR) is 73.7 cm³/mol. The molecule has 1 aromatic carbocycles. The van der Waals surface area contributed by atoms with E-state index in [1.807, 2.05) is 0 Å². The van der Waals surface area contributed by atoms with Gasteiger partial charge >= 0.3 is 0 Å². The molecule has 0 aliphatic rings. The predicted octanol–water partition coefficient (Wildman–Crippen LogP) is 3.14. The maximum Gasteiger partial charge on any atom is 0.265 e. The number of halogens is 3. The summed E-state index contributed by atoms with van der Waals surface area (Å²) in [6.07, 6.45) is 0. The van der Waals surface area contributed by atoms with Gasteiger partial charge in [-0.15, -0.1) is 0 Å². The van der Waals surface area contributed by atoms with Gasteiger partial charge in [-0.1, -0.05) is 11.6 Å². The van der Waals surface area contributed by atoms with Crippen LogP contribution in [0.5, 0.6) is 0 Å². The Morgan fingerprint density at radius 3 is 2.89 bits per heavy atom. The number of aromatic amines is 1. The number of hydrogen-bond acceptors (Lipinski definition) is 3. The summed E-state index contributed by atoms with van der Waals surface area (Å²) >= 11 is 9.08. The zero-order valence-corrected chi connectivity index (χ0v) is 12.2. The first-order valence-corrected chi connectivity index (χ1v) is 6.43. The van der Waals surface area contributed by atoms with Crippen LogP contribution in [0, 0.1) is 5.82 Å². The minimum absolute atomic E-state index is 0.175. The van der Waals surface area contributed by atoms with E-state index in [2.05, 4.69) is 25.9 Å². The van der Waals surface area contributed by atoms with Crippen LogP contribution in [0.1, 0.15) is 5.69 Å². The first kappa shape index (κ1) is 14.2. The summed E-state index contributed by atoms with van der Waals surface area (Å²) in [5.41, 5.74) is 0.545. The lowest BCUT2D eigenvalue weighted by atomic mass is 10.2. The van der Waals surface area contributed by atoms with Gasteiger partial charge in [-0.3, -0.25) is 4.79 Å². The molecular weight excluding hydrogens is 338 g/mol. The molecule has 0 spiro atoms. The van der Waals surface area contributed by atoms with Crippen molar-refractivity contribution in [3.05, 3.63) is 49.6 Å². The minimum Gasteiger partial charge on any atom is -0.378 e. The average molecular weight is 348 g/mol. The Labute approximate surface area is 121 Å². The van der Waals surface area contributed by atoms with Crippen molar-refractivity contribution >= 4 is 27.5 Å². The van der Waals surface area contributed by atoms with E-state index in [4.69, 9.17) is 16.3 Å². The molecule has 2 aromatic rings. The SMILES string of the molecule is COCc1nc(-c2ccc(F)cc2Cl)[nH]c(=O)c1Br. The Kier molecular flexibility index (Phi) is 4.34. The standard InChI is InChI=1S/C12H9BrClFN2O2/c1-19-5-9-10(13)12(18)17-11(16-9)7-3-2-6(15)4-8(7)14/h2-4H,5H2,1H3,(H,16,17,18). The molecule has 4 nitrogen and oxygen atoms in total.